The summed E-state index contributed by atoms with van der Waals surface area (Å²) in [4.78, 5) is 23.2. The van der Waals surface area contributed by atoms with Crippen molar-refractivity contribution in [3.63, 3.8) is 0 Å². The number of carboxylic acids is 1. The Labute approximate surface area is 113 Å². The molecule has 0 spiro atoms. The van der Waals surface area contributed by atoms with Crippen LogP contribution < -0.4 is 5.32 Å². The molecule has 0 bridgehead atoms. The Morgan fingerprint density at radius 2 is 2.15 bits per heavy atom. The van der Waals surface area contributed by atoms with Crippen LogP contribution in [-0.2, 0) is 9.53 Å². The number of aromatic nitrogens is 2. The highest BCUT2D eigenvalue weighted by Crippen LogP contribution is 2.17. The molecule has 3 rings (SSSR count). The molecule has 2 heterocycles. The van der Waals surface area contributed by atoms with Gasteiger partial charge < -0.3 is 15.2 Å². The average molecular weight is 275 g/mol. The van der Waals surface area contributed by atoms with Crippen LogP contribution >= 0.6 is 0 Å². The highest BCUT2D eigenvalue weighted by atomic mass is 16.5. The molecule has 0 saturated carbocycles. The molecule has 1 saturated heterocycles. The number of H-pyrrole nitrogens is 1. The number of carbonyl (C=O) groups excluding carboxylic acids is 1. The van der Waals surface area contributed by atoms with Crippen molar-refractivity contribution < 1.29 is 19.4 Å². The SMILES string of the molecule is O=C(NC1COCC1C(=O)O)c1n[nH]c2ccccc12. The molecule has 1 aromatic heterocycles. The summed E-state index contributed by atoms with van der Waals surface area (Å²) in [7, 11) is 0. The Morgan fingerprint density at radius 1 is 1.35 bits per heavy atom. The summed E-state index contributed by atoms with van der Waals surface area (Å²) in [5, 5.41) is 19.2. The number of nitrogens with zero attached hydrogens (tertiary/aromatic N) is 1. The molecule has 7 nitrogen and oxygen atoms in total. The van der Waals surface area contributed by atoms with Crippen LogP contribution in [0.15, 0.2) is 24.3 Å². The molecule has 1 aliphatic heterocycles. The normalized spacial score (nSPS) is 22.0. The fraction of sp³-hybridized carbons (Fsp3) is 0.308. The summed E-state index contributed by atoms with van der Waals surface area (Å²) in [5.74, 6) is -2.09. The summed E-state index contributed by atoms with van der Waals surface area (Å²) < 4.78 is 5.11. The van der Waals surface area contributed by atoms with Gasteiger partial charge in [0.1, 0.15) is 5.92 Å². The van der Waals surface area contributed by atoms with E-state index in [0.717, 1.165) is 5.52 Å². The lowest BCUT2D eigenvalue weighted by molar-refractivity contribution is -0.142. The molecule has 1 fully saturated rings. The van der Waals surface area contributed by atoms with Crippen LogP contribution in [0, 0.1) is 5.92 Å². The third kappa shape index (κ3) is 2.12. The maximum atomic E-state index is 12.2. The molecule has 1 aromatic carbocycles. The first-order valence-corrected chi connectivity index (χ1v) is 6.21. The van der Waals surface area contributed by atoms with E-state index in [9.17, 15) is 9.59 Å². The average Bonchev–Trinajstić information content (AvgIpc) is 3.04. The zero-order valence-corrected chi connectivity index (χ0v) is 10.5. The van der Waals surface area contributed by atoms with E-state index >= 15 is 0 Å². The molecule has 2 unspecified atom stereocenters. The van der Waals surface area contributed by atoms with Crippen LogP contribution in [0.4, 0.5) is 0 Å². The zero-order chi connectivity index (χ0) is 14.1. The lowest BCUT2D eigenvalue weighted by atomic mass is 10.0. The van der Waals surface area contributed by atoms with Gasteiger partial charge in [0, 0.05) is 5.39 Å². The Balaban J connectivity index is 1.81. The number of hydrogen-bond acceptors (Lipinski definition) is 4. The minimum atomic E-state index is -0.973. The molecule has 20 heavy (non-hydrogen) atoms. The number of nitrogens with one attached hydrogen (secondary N) is 2. The highest BCUT2D eigenvalue weighted by molar-refractivity contribution is 6.04. The van der Waals surface area contributed by atoms with Crippen LogP contribution in [0.25, 0.3) is 10.9 Å². The predicted molar refractivity (Wildman–Crippen MR) is 69.3 cm³/mol. The predicted octanol–water partition coefficient (Wildman–Crippen LogP) is 0.392. The van der Waals surface area contributed by atoms with Gasteiger partial charge >= 0.3 is 5.97 Å². The number of aromatic amines is 1. The number of carbonyl (C=O) groups is 2. The van der Waals surface area contributed by atoms with E-state index < -0.39 is 23.8 Å². The van der Waals surface area contributed by atoms with E-state index in [1.165, 1.54) is 0 Å². The van der Waals surface area contributed by atoms with Gasteiger partial charge in [0.15, 0.2) is 5.69 Å². The fourth-order valence-electron chi connectivity index (χ4n) is 2.31. The van der Waals surface area contributed by atoms with Crippen molar-refractivity contribution >= 4 is 22.8 Å². The van der Waals surface area contributed by atoms with E-state index in [2.05, 4.69) is 15.5 Å². The Bertz CT molecular complexity index is 666. The summed E-state index contributed by atoms with van der Waals surface area (Å²) in [6.45, 7) is 0.312. The first kappa shape index (κ1) is 12.6. The monoisotopic (exact) mass is 275 g/mol. The smallest absolute Gasteiger partial charge is 0.311 e. The van der Waals surface area contributed by atoms with Crippen molar-refractivity contribution in [3.8, 4) is 0 Å². The molecule has 2 aromatic rings. The molecule has 1 amide bonds. The maximum absolute atomic E-state index is 12.2. The number of amides is 1. The molecule has 3 N–H and O–H groups in total. The fourth-order valence-corrected chi connectivity index (χ4v) is 2.31. The number of rotatable bonds is 3. The van der Waals surface area contributed by atoms with Gasteiger partial charge in [-0.15, -0.1) is 0 Å². The van der Waals surface area contributed by atoms with E-state index in [1.807, 2.05) is 18.2 Å². The number of hydrogen-bond donors (Lipinski definition) is 3. The van der Waals surface area contributed by atoms with Crippen molar-refractivity contribution in [2.24, 2.45) is 5.92 Å². The minimum absolute atomic E-state index is 0.113. The first-order valence-electron chi connectivity index (χ1n) is 6.21. The van der Waals surface area contributed by atoms with Crippen LogP contribution in [-0.4, -0.2) is 46.4 Å². The molecule has 2 atom stereocenters. The molecule has 7 heteroatoms. The van der Waals surface area contributed by atoms with Crippen molar-refractivity contribution in [1.82, 2.24) is 15.5 Å². The second-order valence-electron chi connectivity index (χ2n) is 4.68. The van der Waals surface area contributed by atoms with Crippen molar-refractivity contribution in [2.45, 2.75) is 6.04 Å². The van der Waals surface area contributed by atoms with Gasteiger partial charge in [-0.25, -0.2) is 0 Å². The van der Waals surface area contributed by atoms with Crippen molar-refractivity contribution in [2.75, 3.05) is 13.2 Å². The summed E-state index contributed by atoms with van der Waals surface area (Å²) in [5.41, 5.74) is 1.02. The quantitative estimate of drug-likeness (QED) is 0.751. The minimum Gasteiger partial charge on any atom is -0.481 e. The summed E-state index contributed by atoms with van der Waals surface area (Å²) in [6, 6.07) is 6.72. The number of carboxylic acid groups (broad SMARTS) is 1. The Kier molecular flexibility index (Phi) is 3.11. The topological polar surface area (TPSA) is 104 Å². The number of fused-ring (bicyclic) bond motifs is 1. The van der Waals surface area contributed by atoms with E-state index in [4.69, 9.17) is 9.84 Å². The van der Waals surface area contributed by atoms with Gasteiger partial charge in [0.25, 0.3) is 5.91 Å². The number of ether oxygens (including phenoxy) is 1. The Morgan fingerprint density at radius 3 is 2.95 bits per heavy atom. The molecular formula is C13H13N3O4. The third-order valence-electron chi connectivity index (χ3n) is 3.40. The van der Waals surface area contributed by atoms with Crippen LogP contribution in [0.1, 0.15) is 10.5 Å². The number of benzene rings is 1. The van der Waals surface area contributed by atoms with Crippen molar-refractivity contribution in [3.05, 3.63) is 30.0 Å². The van der Waals surface area contributed by atoms with E-state index in [1.54, 1.807) is 6.07 Å². The zero-order valence-electron chi connectivity index (χ0n) is 10.5. The van der Waals surface area contributed by atoms with Gasteiger partial charge in [-0.3, -0.25) is 14.7 Å². The van der Waals surface area contributed by atoms with E-state index in [-0.39, 0.29) is 18.9 Å². The standard InChI is InChI=1S/C13H13N3O4/c17-12(14-10-6-20-5-8(10)13(18)19)11-7-3-1-2-4-9(7)15-16-11/h1-4,8,10H,5-6H2,(H,14,17)(H,15,16)(H,18,19). The molecule has 104 valence electrons. The molecule has 0 radical (unpaired) electrons. The van der Waals surface area contributed by atoms with E-state index in [0.29, 0.717) is 5.39 Å². The molecular weight excluding hydrogens is 262 g/mol. The van der Waals surface area contributed by atoms with Crippen LogP contribution in [0.5, 0.6) is 0 Å². The maximum Gasteiger partial charge on any atom is 0.311 e. The highest BCUT2D eigenvalue weighted by Gasteiger charge is 2.35. The molecule has 0 aliphatic carbocycles. The lowest BCUT2D eigenvalue weighted by Crippen LogP contribution is -2.42. The van der Waals surface area contributed by atoms with Gasteiger partial charge in [0.2, 0.25) is 0 Å². The lowest BCUT2D eigenvalue weighted by Gasteiger charge is -2.14. The number of aliphatic carboxylic acids is 1. The van der Waals surface area contributed by atoms with Crippen LogP contribution in [0.3, 0.4) is 0 Å². The summed E-state index contributed by atoms with van der Waals surface area (Å²) >= 11 is 0. The van der Waals surface area contributed by atoms with Gasteiger partial charge in [0.05, 0.1) is 24.8 Å². The van der Waals surface area contributed by atoms with Crippen LogP contribution in [0.2, 0.25) is 0 Å². The van der Waals surface area contributed by atoms with Gasteiger partial charge in [-0.2, -0.15) is 5.10 Å². The van der Waals surface area contributed by atoms with Crippen molar-refractivity contribution in [1.29, 1.82) is 0 Å². The largest absolute Gasteiger partial charge is 0.481 e. The summed E-state index contributed by atoms with van der Waals surface area (Å²) in [6.07, 6.45) is 0. The second-order valence-corrected chi connectivity index (χ2v) is 4.68. The number of para-hydroxylation sites is 1. The van der Waals surface area contributed by atoms with Gasteiger partial charge in [-0.05, 0) is 6.07 Å². The Hall–Kier alpha value is -2.41. The van der Waals surface area contributed by atoms with Gasteiger partial charge in [-0.1, -0.05) is 18.2 Å². The second kappa shape index (κ2) is 4.93. The first-order chi connectivity index (χ1) is 9.66. The third-order valence-corrected chi connectivity index (χ3v) is 3.40. The molecule has 1 aliphatic rings.